The molecule has 0 aliphatic heterocycles. The molecule has 0 aliphatic carbocycles. The average Bonchev–Trinajstić information content (AvgIpc) is 2.81. The number of nitrogens with one attached hydrogen (secondary N) is 1. The molecule has 8 heteroatoms. The van der Waals surface area contributed by atoms with Crippen LogP contribution in [-0.4, -0.2) is 43.8 Å². The van der Waals surface area contributed by atoms with Crippen LogP contribution in [0.25, 0.3) is 10.9 Å². The SMILES string of the molecule is O=C(O)CC(O)(CC(=O)Oc1c[nH]c2ccccc12)C(=O)O. The van der Waals surface area contributed by atoms with Crippen molar-refractivity contribution in [2.24, 2.45) is 0 Å². The zero-order valence-electron chi connectivity index (χ0n) is 11.3. The van der Waals surface area contributed by atoms with Gasteiger partial charge >= 0.3 is 17.9 Å². The summed E-state index contributed by atoms with van der Waals surface area (Å²) in [4.78, 5) is 36.3. The fraction of sp³-hybridized carbons (Fsp3) is 0.214. The molecular weight excluding hydrogens is 294 g/mol. The fourth-order valence-electron chi connectivity index (χ4n) is 1.99. The number of aromatic amines is 1. The molecule has 0 saturated carbocycles. The number of H-pyrrole nitrogens is 1. The number of aliphatic carboxylic acids is 2. The van der Waals surface area contributed by atoms with Gasteiger partial charge in [0.1, 0.15) is 0 Å². The third-order valence-corrected chi connectivity index (χ3v) is 3.05. The molecule has 0 aliphatic rings. The number of hydrogen-bond donors (Lipinski definition) is 4. The van der Waals surface area contributed by atoms with E-state index in [4.69, 9.17) is 14.9 Å². The van der Waals surface area contributed by atoms with Crippen LogP contribution in [0.4, 0.5) is 0 Å². The molecule has 0 amide bonds. The van der Waals surface area contributed by atoms with Gasteiger partial charge in [-0.2, -0.15) is 0 Å². The first-order chi connectivity index (χ1) is 10.3. The maximum absolute atomic E-state index is 11.8. The molecule has 0 spiro atoms. The van der Waals surface area contributed by atoms with Crippen molar-refractivity contribution in [2.75, 3.05) is 0 Å². The monoisotopic (exact) mass is 307 g/mol. The van der Waals surface area contributed by atoms with Gasteiger partial charge in [0.2, 0.25) is 0 Å². The van der Waals surface area contributed by atoms with Gasteiger partial charge in [0.15, 0.2) is 11.4 Å². The number of benzene rings is 1. The molecule has 0 radical (unpaired) electrons. The number of carboxylic acid groups (broad SMARTS) is 2. The Hall–Kier alpha value is -2.87. The standard InChI is InChI=1S/C14H13NO7/c16-11(17)5-14(21,13(19)20)6-12(18)22-10-7-15-9-4-2-1-3-8(9)10/h1-4,7,15,21H,5-6H2,(H,16,17)(H,19,20). The van der Waals surface area contributed by atoms with Crippen molar-refractivity contribution < 1.29 is 34.4 Å². The predicted molar refractivity (Wildman–Crippen MR) is 73.4 cm³/mol. The predicted octanol–water partition coefficient (Wildman–Crippen LogP) is 0.754. The van der Waals surface area contributed by atoms with Crippen molar-refractivity contribution in [3.8, 4) is 5.75 Å². The first-order valence-electron chi connectivity index (χ1n) is 6.26. The van der Waals surface area contributed by atoms with Crippen molar-refractivity contribution in [3.63, 3.8) is 0 Å². The van der Waals surface area contributed by atoms with Crippen molar-refractivity contribution in [3.05, 3.63) is 30.5 Å². The lowest BCUT2D eigenvalue weighted by atomic mass is 9.96. The van der Waals surface area contributed by atoms with E-state index in [1.165, 1.54) is 6.20 Å². The van der Waals surface area contributed by atoms with Gasteiger partial charge in [-0.15, -0.1) is 0 Å². The van der Waals surface area contributed by atoms with E-state index in [0.717, 1.165) is 0 Å². The lowest BCUT2D eigenvalue weighted by Gasteiger charge is -2.19. The number of carbonyl (C=O) groups is 3. The van der Waals surface area contributed by atoms with Crippen molar-refractivity contribution >= 4 is 28.8 Å². The Kier molecular flexibility index (Phi) is 4.13. The van der Waals surface area contributed by atoms with Crippen molar-refractivity contribution in [1.82, 2.24) is 4.98 Å². The Labute approximate surface area is 123 Å². The molecular formula is C14H13NO7. The van der Waals surface area contributed by atoms with E-state index in [1.807, 2.05) is 0 Å². The van der Waals surface area contributed by atoms with Crippen LogP contribution in [0.2, 0.25) is 0 Å². The lowest BCUT2D eigenvalue weighted by Crippen LogP contribution is -2.43. The topological polar surface area (TPSA) is 137 Å². The highest BCUT2D eigenvalue weighted by Crippen LogP contribution is 2.26. The summed E-state index contributed by atoms with van der Waals surface area (Å²) in [5.41, 5.74) is -2.00. The van der Waals surface area contributed by atoms with Crippen molar-refractivity contribution in [1.29, 1.82) is 0 Å². The summed E-state index contributed by atoms with van der Waals surface area (Å²) in [6, 6.07) is 6.95. The summed E-state index contributed by atoms with van der Waals surface area (Å²) < 4.78 is 5.01. The Morgan fingerprint density at radius 2 is 1.82 bits per heavy atom. The van der Waals surface area contributed by atoms with Crippen LogP contribution in [0.1, 0.15) is 12.8 Å². The van der Waals surface area contributed by atoms with Crippen molar-refractivity contribution in [2.45, 2.75) is 18.4 Å². The normalized spacial score (nSPS) is 13.5. The fourth-order valence-corrected chi connectivity index (χ4v) is 1.99. The van der Waals surface area contributed by atoms with Crippen LogP contribution in [0.5, 0.6) is 5.75 Å². The zero-order chi connectivity index (χ0) is 16.3. The molecule has 0 saturated heterocycles. The largest absolute Gasteiger partial charge is 0.481 e. The summed E-state index contributed by atoms with van der Waals surface area (Å²) in [6.07, 6.45) is -0.668. The number of para-hydroxylation sites is 1. The molecule has 2 rings (SSSR count). The summed E-state index contributed by atoms with van der Waals surface area (Å²) in [5, 5.41) is 27.9. The Morgan fingerprint density at radius 1 is 1.14 bits per heavy atom. The van der Waals surface area contributed by atoms with Crippen LogP contribution < -0.4 is 4.74 Å². The van der Waals surface area contributed by atoms with Gasteiger partial charge in [-0.25, -0.2) is 4.79 Å². The molecule has 1 heterocycles. The van der Waals surface area contributed by atoms with E-state index in [9.17, 15) is 19.5 Å². The second-order valence-electron chi connectivity index (χ2n) is 4.76. The Morgan fingerprint density at radius 3 is 2.45 bits per heavy atom. The molecule has 0 bridgehead atoms. The molecule has 1 aromatic carbocycles. The molecule has 1 atom stereocenters. The third-order valence-electron chi connectivity index (χ3n) is 3.05. The van der Waals surface area contributed by atoms with Gasteiger partial charge in [-0.05, 0) is 12.1 Å². The highest BCUT2D eigenvalue weighted by Gasteiger charge is 2.41. The van der Waals surface area contributed by atoms with E-state index in [1.54, 1.807) is 24.3 Å². The van der Waals surface area contributed by atoms with Crippen LogP contribution >= 0.6 is 0 Å². The minimum absolute atomic E-state index is 0.170. The molecule has 8 nitrogen and oxygen atoms in total. The van der Waals surface area contributed by atoms with Gasteiger partial charge in [-0.1, -0.05) is 12.1 Å². The number of hydrogen-bond acceptors (Lipinski definition) is 5. The summed E-state index contributed by atoms with van der Waals surface area (Å²) in [6.45, 7) is 0. The molecule has 1 aromatic heterocycles. The van der Waals surface area contributed by atoms with Crippen LogP contribution in [0.15, 0.2) is 30.5 Å². The number of aromatic nitrogens is 1. The van der Waals surface area contributed by atoms with Gasteiger partial charge in [0, 0.05) is 17.1 Å². The molecule has 4 N–H and O–H groups in total. The highest BCUT2D eigenvalue weighted by atomic mass is 16.5. The quantitative estimate of drug-likeness (QED) is 0.578. The number of ether oxygens (including phenoxy) is 1. The zero-order valence-corrected chi connectivity index (χ0v) is 11.3. The van der Waals surface area contributed by atoms with E-state index in [2.05, 4.69) is 4.98 Å². The van der Waals surface area contributed by atoms with Crippen LogP contribution in [0.3, 0.4) is 0 Å². The summed E-state index contributed by atoms with van der Waals surface area (Å²) >= 11 is 0. The first kappa shape index (κ1) is 15.5. The van der Waals surface area contributed by atoms with Crippen LogP contribution in [-0.2, 0) is 14.4 Å². The number of carboxylic acids is 2. The third kappa shape index (κ3) is 3.23. The molecule has 2 aromatic rings. The maximum Gasteiger partial charge on any atom is 0.336 e. The second kappa shape index (κ2) is 5.86. The minimum atomic E-state index is -2.71. The van der Waals surface area contributed by atoms with Gasteiger partial charge in [0.25, 0.3) is 0 Å². The van der Waals surface area contributed by atoms with E-state index >= 15 is 0 Å². The molecule has 0 fully saturated rings. The number of aliphatic hydroxyl groups is 1. The van der Waals surface area contributed by atoms with Gasteiger partial charge in [0.05, 0.1) is 12.8 Å². The van der Waals surface area contributed by atoms with Gasteiger partial charge in [-0.3, -0.25) is 9.59 Å². The number of rotatable bonds is 6. The Bertz CT molecular complexity index is 736. The van der Waals surface area contributed by atoms with Gasteiger partial charge < -0.3 is 25.0 Å². The molecule has 1 unspecified atom stereocenters. The smallest absolute Gasteiger partial charge is 0.336 e. The van der Waals surface area contributed by atoms with E-state index in [-0.39, 0.29) is 5.75 Å². The number of carbonyl (C=O) groups excluding carboxylic acids is 1. The highest BCUT2D eigenvalue weighted by molar-refractivity contribution is 5.91. The number of esters is 1. The second-order valence-corrected chi connectivity index (χ2v) is 4.76. The molecule has 116 valence electrons. The number of fused-ring (bicyclic) bond motifs is 1. The summed E-state index contributed by atoms with van der Waals surface area (Å²) in [5.74, 6) is -4.21. The van der Waals surface area contributed by atoms with E-state index in [0.29, 0.717) is 10.9 Å². The lowest BCUT2D eigenvalue weighted by molar-refractivity contribution is -0.169. The maximum atomic E-state index is 11.8. The first-order valence-corrected chi connectivity index (χ1v) is 6.26. The molecule has 22 heavy (non-hydrogen) atoms. The van der Waals surface area contributed by atoms with Crippen LogP contribution in [0, 0.1) is 0 Å². The average molecular weight is 307 g/mol. The van der Waals surface area contributed by atoms with E-state index < -0.39 is 36.4 Å². The minimum Gasteiger partial charge on any atom is -0.481 e. The Balaban J connectivity index is 2.15. The summed E-state index contributed by atoms with van der Waals surface area (Å²) in [7, 11) is 0.